The standard InChI is InChI=1S/C15H19FN4OS/c1-4-20-13(18-19-15(20)22)12(9(2)3)17-14(21)10-5-7-11(16)8-6-10/h5-9,12H,4H2,1-3H3,(H,17,21)(H,19,22)/t12-/m1/s1. The van der Waals surface area contributed by atoms with Crippen LogP contribution in [0.4, 0.5) is 4.39 Å². The van der Waals surface area contributed by atoms with Gasteiger partial charge in [0.1, 0.15) is 5.82 Å². The minimum Gasteiger partial charge on any atom is -0.342 e. The summed E-state index contributed by atoms with van der Waals surface area (Å²) >= 11 is 5.19. The predicted octanol–water partition coefficient (Wildman–Crippen LogP) is 3.23. The van der Waals surface area contributed by atoms with Crippen molar-refractivity contribution in [3.8, 4) is 0 Å². The van der Waals surface area contributed by atoms with Crippen LogP contribution in [0.2, 0.25) is 0 Å². The average molecular weight is 322 g/mol. The van der Waals surface area contributed by atoms with Crippen LogP contribution in [0.5, 0.6) is 0 Å². The van der Waals surface area contributed by atoms with E-state index in [-0.39, 0.29) is 23.7 Å². The molecule has 0 spiro atoms. The Balaban J connectivity index is 2.27. The summed E-state index contributed by atoms with van der Waals surface area (Å²) in [4.78, 5) is 12.3. The molecule has 118 valence electrons. The monoisotopic (exact) mass is 322 g/mol. The van der Waals surface area contributed by atoms with Gasteiger partial charge in [-0.1, -0.05) is 13.8 Å². The number of nitrogens with one attached hydrogen (secondary N) is 2. The van der Waals surface area contributed by atoms with Gasteiger partial charge in [-0.2, -0.15) is 5.10 Å². The fourth-order valence-electron chi connectivity index (χ4n) is 2.23. The number of rotatable bonds is 5. The van der Waals surface area contributed by atoms with Crippen molar-refractivity contribution in [1.29, 1.82) is 0 Å². The van der Waals surface area contributed by atoms with Crippen molar-refractivity contribution in [3.63, 3.8) is 0 Å². The Hall–Kier alpha value is -2.02. The van der Waals surface area contributed by atoms with E-state index in [2.05, 4.69) is 15.5 Å². The van der Waals surface area contributed by atoms with Gasteiger partial charge in [0.25, 0.3) is 5.91 Å². The Labute approximate surface area is 133 Å². The highest BCUT2D eigenvalue weighted by Crippen LogP contribution is 2.21. The smallest absolute Gasteiger partial charge is 0.251 e. The van der Waals surface area contributed by atoms with Gasteiger partial charge in [0, 0.05) is 12.1 Å². The van der Waals surface area contributed by atoms with E-state index in [1.165, 1.54) is 24.3 Å². The maximum Gasteiger partial charge on any atom is 0.251 e. The van der Waals surface area contributed by atoms with Crippen LogP contribution in [0, 0.1) is 16.5 Å². The molecule has 1 atom stereocenters. The number of halogens is 1. The summed E-state index contributed by atoms with van der Waals surface area (Å²) in [6.45, 7) is 6.62. The van der Waals surface area contributed by atoms with Crippen molar-refractivity contribution in [2.45, 2.75) is 33.4 Å². The van der Waals surface area contributed by atoms with E-state index >= 15 is 0 Å². The van der Waals surface area contributed by atoms with E-state index in [9.17, 15) is 9.18 Å². The molecule has 5 nitrogen and oxygen atoms in total. The van der Waals surface area contributed by atoms with Gasteiger partial charge in [0.15, 0.2) is 10.6 Å². The third kappa shape index (κ3) is 3.41. The first-order chi connectivity index (χ1) is 10.4. The van der Waals surface area contributed by atoms with E-state index in [0.717, 1.165) is 0 Å². The van der Waals surface area contributed by atoms with Crippen LogP contribution in [-0.2, 0) is 6.54 Å². The Morgan fingerprint density at radius 3 is 2.59 bits per heavy atom. The Morgan fingerprint density at radius 2 is 2.05 bits per heavy atom. The van der Waals surface area contributed by atoms with Gasteiger partial charge in [-0.25, -0.2) is 4.39 Å². The predicted molar refractivity (Wildman–Crippen MR) is 84.5 cm³/mol. The molecule has 0 aliphatic carbocycles. The molecule has 1 aromatic heterocycles. The molecular formula is C15H19FN4OS. The zero-order chi connectivity index (χ0) is 16.3. The number of carbonyl (C=O) groups excluding carboxylic acids is 1. The lowest BCUT2D eigenvalue weighted by Gasteiger charge is -2.22. The number of hydrogen-bond acceptors (Lipinski definition) is 3. The van der Waals surface area contributed by atoms with Gasteiger partial charge in [-0.05, 0) is 49.3 Å². The minimum atomic E-state index is -0.371. The number of aromatic amines is 1. The minimum absolute atomic E-state index is 0.125. The molecule has 2 aromatic rings. The van der Waals surface area contributed by atoms with Crippen LogP contribution in [0.3, 0.4) is 0 Å². The summed E-state index contributed by atoms with van der Waals surface area (Å²) in [5, 5.41) is 9.94. The number of benzene rings is 1. The van der Waals surface area contributed by atoms with Crippen molar-refractivity contribution in [1.82, 2.24) is 20.1 Å². The highest BCUT2D eigenvalue weighted by molar-refractivity contribution is 7.71. The molecule has 1 aromatic carbocycles. The summed E-state index contributed by atoms with van der Waals surface area (Å²) in [5.41, 5.74) is 0.407. The summed E-state index contributed by atoms with van der Waals surface area (Å²) in [5.74, 6) is 0.178. The van der Waals surface area contributed by atoms with Crippen molar-refractivity contribution in [3.05, 3.63) is 46.2 Å². The topological polar surface area (TPSA) is 62.7 Å². The lowest BCUT2D eigenvalue weighted by Crippen LogP contribution is -2.33. The lowest BCUT2D eigenvalue weighted by molar-refractivity contribution is 0.0922. The molecule has 1 amide bonds. The van der Waals surface area contributed by atoms with Crippen LogP contribution in [0.1, 0.15) is 43.0 Å². The summed E-state index contributed by atoms with van der Waals surface area (Å²) in [6.07, 6.45) is 0. The first-order valence-corrected chi connectivity index (χ1v) is 7.56. The molecule has 0 unspecified atom stereocenters. The van der Waals surface area contributed by atoms with Gasteiger partial charge in [-0.15, -0.1) is 0 Å². The molecule has 1 heterocycles. The van der Waals surface area contributed by atoms with Gasteiger partial charge in [-0.3, -0.25) is 9.89 Å². The van der Waals surface area contributed by atoms with Crippen LogP contribution in [0.25, 0.3) is 0 Å². The normalized spacial score (nSPS) is 12.4. The van der Waals surface area contributed by atoms with E-state index < -0.39 is 0 Å². The average Bonchev–Trinajstić information content (AvgIpc) is 2.85. The summed E-state index contributed by atoms with van der Waals surface area (Å²) < 4.78 is 15.3. The second kappa shape index (κ2) is 6.83. The highest BCUT2D eigenvalue weighted by Gasteiger charge is 2.24. The van der Waals surface area contributed by atoms with Crippen LogP contribution < -0.4 is 5.32 Å². The van der Waals surface area contributed by atoms with E-state index in [1.807, 2.05) is 25.3 Å². The van der Waals surface area contributed by atoms with Crippen molar-refractivity contribution in [2.75, 3.05) is 0 Å². The third-order valence-corrected chi connectivity index (χ3v) is 3.75. The zero-order valence-electron chi connectivity index (χ0n) is 12.8. The van der Waals surface area contributed by atoms with E-state index in [0.29, 0.717) is 22.7 Å². The third-order valence-electron chi connectivity index (χ3n) is 3.44. The fourth-order valence-corrected chi connectivity index (χ4v) is 2.50. The molecule has 0 saturated carbocycles. The molecule has 0 aliphatic rings. The molecule has 0 saturated heterocycles. The fraction of sp³-hybridized carbons (Fsp3) is 0.400. The molecule has 2 rings (SSSR count). The maximum atomic E-state index is 12.9. The van der Waals surface area contributed by atoms with Gasteiger partial charge < -0.3 is 9.88 Å². The maximum absolute atomic E-state index is 12.9. The van der Waals surface area contributed by atoms with Gasteiger partial charge in [0.2, 0.25) is 0 Å². The zero-order valence-corrected chi connectivity index (χ0v) is 13.6. The molecule has 0 bridgehead atoms. The molecule has 0 radical (unpaired) electrons. The molecule has 2 N–H and O–H groups in total. The number of hydrogen-bond donors (Lipinski definition) is 2. The van der Waals surface area contributed by atoms with Crippen LogP contribution >= 0.6 is 12.2 Å². The van der Waals surface area contributed by atoms with Crippen LogP contribution in [-0.4, -0.2) is 20.7 Å². The van der Waals surface area contributed by atoms with E-state index in [4.69, 9.17) is 12.2 Å². The SMILES string of the molecule is CCn1c([C@H](NC(=O)c2ccc(F)cc2)C(C)C)n[nH]c1=S. The molecule has 7 heteroatoms. The first-order valence-electron chi connectivity index (χ1n) is 7.15. The lowest BCUT2D eigenvalue weighted by atomic mass is 10.0. The molecular weight excluding hydrogens is 303 g/mol. The van der Waals surface area contributed by atoms with Crippen molar-refractivity contribution >= 4 is 18.1 Å². The second-order valence-electron chi connectivity index (χ2n) is 5.33. The Kier molecular flexibility index (Phi) is 5.07. The Bertz CT molecular complexity index is 705. The number of carbonyl (C=O) groups is 1. The van der Waals surface area contributed by atoms with Crippen molar-refractivity contribution < 1.29 is 9.18 Å². The number of amides is 1. The molecule has 0 fully saturated rings. The molecule has 22 heavy (non-hydrogen) atoms. The van der Waals surface area contributed by atoms with Crippen LogP contribution in [0.15, 0.2) is 24.3 Å². The van der Waals surface area contributed by atoms with Crippen molar-refractivity contribution in [2.24, 2.45) is 5.92 Å². The molecule has 0 aliphatic heterocycles. The van der Waals surface area contributed by atoms with Gasteiger partial charge >= 0.3 is 0 Å². The number of H-pyrrole nitrogens is 1. The largest absolute Gasteiger partial charge is 0.342 e. The highest BCUT2D eigenvalue weighted by atomic mass is 32.1. The number of aromatic nitrogens is 3. The van der Waals surface area contributed by atoms with E-state index in [1.54, 1.807) is 0 Å². The first kappa shape index (κ1) is 16.4. The summed E-state index contributed by atoms with van der Waals surface area (Å²) in [6, 6.07) is 5.16. The van der Waals surface area contributed by atoms with Gasteiger partial charge in [0.05, 0.1) is 6.04 Å². The Morgan fingerprint density at radius 1 is 1.41 bits per heavy atom. The number of nitrogens with zero attached hydrogens (tertiary/aromatic N) is 2. The second-order valence-corrected chi connectivity index (χ2v) is 5.72. The quantitative estimate of drug-likeness (QED) is 0.831. The summed E-state index contributed by atoms with van der Waals surface area (Å²) in [7, 11) is 0.